The van der Waals surface area contributed by atoms with Crippen LogP contribution in [-0.4, -0.2) is 32.6 Å². The van der Waals surface area contributed by atoms with Crippen molar-refractivity contribution in [1.82, 2.24) is 0 Å². The fourth-order valence-electron chi connectivity index (χ4n) is 2.75. The molecule has 4 rings (SSSR count). The summed E-state index contributed by atoms with van der Waals surface area (Å²) in [7, 11) is 0. The van der Waals surface area contributed by atoms with E-state index < -0.39 is 12.2 Å². The standard InChI is InChI=1S/C15H14N2O4.2C6H6O/c18-14(19)16-12-5-1-10(2-6-12)9-11-3-7-13(8-4-11)17-15(20)21;2*7-6-4-2-1-3-5-6/h1-8,16-17H,9H2,(H,18,19)(H,20,21);2*1-5,7H. The highest BCUT2D eigenvalue weighted by Crippen LogP contribution is 2.16. The van der Waals surface area contributed by atoms with Gasteiger partial charge in [-0.3, -0.25) is 10.6 Å². The number of aromatic hydroxyl groups is 2. The van der Waals surface area contributed by atoms with E-state index in [2.05, 4.69) is 10.6 Å². The quantitative estimate of drug-likeness (QED) is 0.207. The molecule has 0 aliphatic rings. The molecule has 0 atom stereocenters. The zero-order valence-corrected chi connectivity index (χ0v) is 18.7. The lowest BCUT2D eigenvalue weighted by molar-refractivity contribution is 0.208. The number of phenolic OH excluding ortho intramolecular Hbond substituents is 2. The van der Waals surface area contributed by atoms with Crippen LogP contribution in [0, 0.1) is 0 Å². The number of rotatable bonds is 4. The van der Waals surface area contributed by atoms with Gasteiger partial charge in [-0.15, -0.1) is 0 Å². The molecule has 4 aromatic rings. The van der Waals surface area contributed by atoms with Gasteiger partial charge in [0.2, 0.25) is 0 Å². The van der Waals surface area contributed by atoms with Crippen molar-refractivity contribution in [3.8, 4) is 11.5 Å². The maximum Gasteiger partial charge on any atom is 0.409 e. The minimum Gasteiger partial charge on any atom is -0.508 e. The van der Waals surface area contributed by atoms with E-state index >= 15 is 0 Å². The minimum atomic E-state index is -1.09. The lowest BCUT2D eigenvalue weighted by Crippen LogP contribution is -2.07. The molecule has 8 nitrogen and oxygen atoms in total. The van der Waals surface area contributed by atoms with Crippen LogP contribution in [0.5, 0.6) is 11.5 Å². The predicted molar refractivity (Wildman–Crippen MR) is 135 cm³/mol. The topological polar surface area (TPSA) is 139 Å². The number of amides is 2. The summed E-state index contributed by atoms with van der Waals surface area (Å²) in [4.78, 5) is 21.0. The van der Waals surface area contributed by atoms with Crippen molar-refractivity contribution in [2.45, 2.75) is 6.42 Å². The molecule has 0 fully saturated rings. The number of hydrogen-bond acceptors (Lipinski definition) is 4. The van der Waals surface area contributed by atoms with Crippen LogP contribution in [-0.2, 0) is 6.42 Å². The van der Waals surface area contributed by atoms with Gasteiger partial charge < -0.3 is 20.4 Å². The third-order valence-corrected chi connectivity index (χ3v) is 4.33. The Morgan fingerprint density at radius 2 is 0.829 bits per heavy atom. The molecule has 0 spiro atoms. The van der Waals surface area contributed by atoms with Crippen LogP contribution in [0.4, 0.5) is 21.0 Å². The first-order valence-corrected chi connectivity index (χ1v) is 10.5. The fraction of sp³-hybridized carbons (Fsp3) is 0.0370. The molecule has 0 radical (unpaired) electrons. The Hall–Kier alpha value is -4.98. The van der Waals surface area contributed by atoms with Crippen molar-refractivity contribution >= 4 is 23.6 Å². The van der Waals surface area contributed by atoms with Crippen molar-refractivity contribution in [1.29, 1.82) is 0 Å². The molecule has 6 N–H and O–H groups in total. The van der Waals surface area contributed by atoms with Gasteiger partial charge >= 0.3 is 12.2 Å². The van der Waals surface area contributed by atoms with Gasteiger partial charge in [-0.1, -0.05) is 60.7 Å². The van der Waals surface area contributed by atoms with E-state index in [4.69, 9.17) is 20.4 Å². The highest BCUT2D eigenvalue weighted by atomic mass is 16.4. The molecular weight excluding hydrogens is 448 g/mol. The van der Waals surface area contributed by atoms with Gasteiger partial charge in [0.05, 0.1) is 0 Å². The molecule has 0 saturated heterocycles. The number of para-hydroxylation sites is 2. The first-order valence-electron chi connectivity index (χ1n) is 10.5. The van der Waals surface area contributed by atoms with Crippen LogP contribution < -0.4 is 10.6 Å². The molecule has 8 heteroatoms. The van der Waals surface area contributed by atoms with E-state index in [0.29, 0.717) is 29.3 Å². The molecule has 2 amide bonds. The van der Waals surface area contributed by atoms with Crippen molar-refractivity contribution in [3.63, 3.8) is 0 Å². The van der Waals surface area contributed by atoms with Crippen LogP contribution in [0.25, 0.3) is 0 Å². The normalized spacial score (nSPS) is 9.37. The lowest BCUT2D eigenvalue weighted by atomic mass is 10.0. The lowest BCUT2D eigenvalue weighted by Gasteiger charge is -2.06. The second-order valence-electron chi connectivity index (χ2n) is 7.10. The number of hydrogen-bond donors (Lipinski definition) is 6. The summed E-state index contributed by atoms with van der Waals surface area (Å²) in [6, 6.07) is 31.6. The first-order chi connectivity index (χ1) is 16.8. The Kier molecular flexibility index (Phi) is 10.7. The number of anilines is 2. The highest BCUT2D eigenvalue weighted by molar-refractivity contribution is 5.83. The summed E-state index contributed by atoms with van der Waals surface area (Å²) >= 11 is 0. The van der Waals surface area contributed by atoms with E-state index in [0.717, 1.165) is 11.1 Å². The first kappa shape index (κ1) is 26.3. The van der Waals surface area contributed by atoms with Crippen LogP contribution in [0.2, 0.25) is 0 Å². The van der Waals surface area contributed by atoms with Crippen molar-refractivity contribution in [2.24, 2.45) is 0 Å². The van der Waals surface area contributed by atoms with E-state index in [1.165, 1.54) is 0 Å². The molecule has 0 aliphatic carbocycles. The van der Waals surface area contributed by atoms with E-state index in [1.54, 1.807) is 72.8 Å². The van der Waals surface area contributed by atoms with Crippen molar-refractivity contribution < 1.29 is 30.0 Å². The van der Waals surface area contributed by atoms with Gasteiger partial charge in [-0.25, -0.2) is 9.59 Å². The molecule has 180 valence electrons. The van der Waals surface area contributed by atoms with Crippen LogP contribution in [0.3, 0.4) is 0 Å². The monoisotopic (exact) mass is 474 g/mol. The van der Waals surface area contributed by atoms with E-state index in [-0.39, 0.29) is 0 Å². The molecule has 0 bridgehead atoms. The maximum atomic E-state index is 10.5. The molecule has 0 saturated carbocycles. The summed E-state index contributed by atoms with van der Waals surface area (Å²) in [5.41, 5.74) is 3.11. The van der Waals surface area contributed by atoms with Crippen LogP contribution >= 0.6 is 0 Å². The second kappa shape index (κ2) is 14.2. The van der Waals surface area contributed by atoms with Gasteiger partial charge in [0.15, 0.2) is 0 Å². The molecule has 0 unspecified atom stereocenters. The van der Waals surface area contributed by atoms with Crippen LogP contribution in [0.15, 0.2) is 109 Å². The summed E-state index contributed by atoms with van der Waals surface area (Å²) in [5, 5.41) is 39.0. The van der Waals surface area contributed by atoms with Gasteiger partial charge in [0.1, 0.15) is 11.5 Å². The third kappa shape index (κ3) is 11.4. The molecular formula is C27H26N2O6. The van der Waals surface area contributed by atoms with Crippen LogP contribution in [0.1, 0.15) is 11.1 Å². The zero-order valence-electron chi connectivity index (χ0n) is 18.7. The Bertz CT molecular complexity index is 1070. The SMILES string of the molecule is O=C(O)Nc1ccc(Cc2ccc(NC(=O)O)cc2)cc1.Oc1ccccc1.Oc1ccccc1. The Balaban J connectivity index is 0.000000249. The number of phenols is 2. The summed E-state index contributed by atoms with van der Waals surface area (Å²) in [6.45, 7) is 0. The highest BCUT2D eigenvalue weighted by Gasteiger charge is 2.01. The summed E-state index contributed by atoms with van der Waals surface area (Å²) in [5.74, 6) is 0.644. The van der Waals surface area contributed by atoms with Gasteiger partial charge in [0, 0.05) is 11.4 Å². The average molecular weight is 475 g/mol. The summed E-state index contributed by atoms with van der Waals surface area (Å²) in [6.07, 6.45) is -1.51. The minimum absolute atomic E-state index is 0.322. The number of carbonyl (C=O) groups is 2. The van der Waals surface area contributed by atoms with Crippen molar-refractivity contribution in [3.05, 3.63) is 120 Å². The van der Waals surface area contributed by atoms with Gasteiger partial charge in [-0.05, 0) is 66.1 Å². The Morgan fingerprint density at radius 1 is 0.514 bits per heavy atom. The van der Waals surface area contributed by atoms with E-state index in [1.807, 2.05) is 36.4 Å². The zero-order chi connectivity index (χ0) is 25.5. The molecule has 0 aromatic heterocycles. The third-order valence-electron chi connectivity index (χ3n) is 4.33. The predicted octanol–water partition coefficient (Wildman–Crippen LogP) is 6.24. The number of benzene rings is 4. The maximum absolute atomic E-state index is 10.5. The Labute approximate surface area is 202 Å². The average Bonchev–Trinajstić information content (AvgIpc) is 2.83. The van der Waals surface area contributed by atoms with Crippen molar-refractivity contribution in [2.75, 3.05) is 10.6 Å². The molecule has 4 aromatic carbocycles. The largest absolute Gasteiger partial charge is 0.508 e. The molecule has 35 heavy (non-hydrogen) atoms. The Morgan fingerprint density at radius 3 is 1.06 bits per heavy atom. The molecule has 0 aliphatic heterocycles. The number of carboxylic acid groups (broad SMARTS) is 2. The molecule has 0 heterocycles. The van der Waals surface area contributed by atoms with E-state index in [9.17, 15) is 9.59 Å². The van der Waals surface area contributed by atoms with Gasteiger partial charge in [-0.2, -0.15) is 0 Å². The smallest absolute Gasteiger partial charge is 0.409 e. The number of nitrogens with one attached hydrogen (secondary N) is 2. The van der Waals surface area contributed by atoms with Gasteiger partial charge in [0.25, 0.3) is 0 Å². The fourth-order valence-corrected chi connectivity index (χ4v) is 2.75. The summed E-state index contributed by atoms with van der Waals surface area (Å²) < 4.78 is 0. The second-order valence-corrected chi connectivity index (χ2v) is 7.10.